The molecule has 1 aliphatic rings. The summed E-state index contributed by atoms with van der Waals surface area (Å²) in [6.07, 6.45) is 3.00. The van der Waals surface area contributed by atoms with Crippen molar-refractivity contribution in [2.24, 2.45) is 0 Å². The van der Waals surface area contributed by atoms with Crippen molar-refractivity contribution in [2.75, 3.05) is 26.2 Å². The highest BCUT2D eigenvalue weighted by atomic mass is 32.2. The number of sulfonamides is 2. The number of carbonyl (C=O) groups is 1. The maximum Gasteiger partial charge on any atom is 0.245 e. The Morgan fingerprint density at radius 1 is 1.03 bits per heavy atom. The Bertz CT molecular complexity index is 1330. The van der Waals surface area contributed by atoms with Crippen LogP contribution in [0.25, 0.3) is 11.0 Å². The van der Waals surface area contributed by atoms with E-state index in [-0.39, 0.29) is 36.0 Å². The second-order valence-electron chi connectivity index (χ2n) is 7.44. The van der Waals surface area contributed by atoms with Crippen molar-refractivity contribution in [3.8, 4) is 0 Å². The number of fused-ring (bicyclic) bond motifs is 1. The van der Waals surface area contributed by atoms with Gasteiger partial charge >= 0.3 is 0 Å². The zero-order chi connectivity index (χ0) is 22.9. The minimum absolute atomic E-state index is 0.0729. The van der Waals surface area contributed by atoms with Crippen LogP contribution < -0.4 is 4.72 Å². The zero-order valence-electron chi connectivity index (χ0n) is 17.3. The predicted molar refractivity (Wildman–Crippen MR) is 118 cm³/mol. The van der Waals surface area contributed by atoms with Crippen LogP contribution in [0.4, 0.5) is 0 Å². The SMILES string of the molecule is C[C@H](NS(=O)(=O)c1ccccc1)C(=O)N1CCN(S(=O)(=O)c2c[nH]c3ncccc23)CC1. The summed E-state index contributed by atoms with van der Waals surface area (Å²) >= 11 is 0. The fourth-order valence-electron chi connectivity index (χ4n) is 3.66. The van der Waals surface area contributed by atoms with E-state index in [2.05, 4.69) is 14.7 Å². The maximum atomic E-state index is 13.1. The van der Waals surface area contributed by atoms with E-state index >= 15 is 0 Å². The van der Waals surface area contributed by atoms with Gasteiger partial charge in [-0.3, -0.25) is 4.79 Å². The monoisotopic (exact) mass is 477 g/mol. The Kier molecular flexibility index (Phi) is 6.03. The molecule has 0 aliphatic carbocycles. The lowest BCUT2D eigenvalue weighted by Gasteiger charge is -2.35. The Labute approximate surface area is 186 Å². The molecule has 12 heteroatoms. The van der Waals surface area contributed by atoms with Gasteiger partial charge in [-0.15, -0.1) is 0 Å². The molecule has 0 bridgehead atoms. The minimum atomic E-state index is -3.84. The Balaban J connectivity index is 1.41. The lowest BCUT2D eigenvalue weighted by molar-refractivity contribution is -0.133. The first-order valence-electron chi connectivity index (χ1n) is 9.98. The molecule has 32 heavy (non-hydrogen) atoms. The molecule has 1 atom stereocenters. The first kappa shape index (κ1) is 22.4. The molecule has 0 spiro atoms. The Morgan fingerprint density at radius 2 is 1.72 bits per heavy atom. The molecule has 1 fully saturated rings. The molecule has 0 unspecified atom stereocenters. The third kappa shape index (κ3) is 4.26. The van der Waals surface area contributed by atoms with Crippen molar-refractivity contribution in [3.05, 3.63) is 54.9 Å². The van der Waals surface area contributed by atoms with Crippen LogP contribution in [0.1, 0.15) is 6.92 Å². The number of benzene rings is 1. The van der Waals surface area contributed by atoms with Crippen molar-refractivity contribution in [3.63, 3.8) is 0 Å². The number of aromatic nitrogens is 2. The van der Waals surface area contributed by atoms with Gasteiger partial charge in [0.25, 0.3) is 0 Å². The molecule has 0 radical (unpaired) electrons. The summed E-state index contributed by atoms with van der Waals surface area (Å²) in [5.74, 6) is -0.405. The lowest BCUT2D eigenvalue weighted by Crippen LogP contribution is -2.55. The van der Waals surface area contributed by atoms with E-state index in [9.17, 15) is 21.6 Å². The predicted octanol–water partition coefficient (Wildman–Crippen LogP) is 0.763. The molecule has 0 saturated carbocycles. The smallest absolute Gasteiger partial charge is 0.245 e. The molecule has 170 valence electrons. The van der Waals surface area contributed by atoms with E-state index < -0.39 is 32.0 Å². The molecule has 4 rings (SSSR count). The second-order valence-corrected chi connectivity index (χ2v) is 11.1. The number of nitrogens with zero attached hydrogens (tertiary/aromatic N) is 3. The van der Waals surface area contributed by atoms with Crippen LogP contribution in [0.3, 0.4) is 0 Å². The van der Waals surface area contributed by atoms with Gasteiger partial charge in [0.1, 0.15) is 10.5 Å². The maximum absolute atomic E-state index is 13.1. The first-order chi connectivity index (χ1) is 15.2. The first-order valence-corrected chi connectivity index (χ1v) is 12.9. The van der Waals surface area contributed by atoms with Crippen LogP contribution in [0, 0.1) is 0 Å². The summed E-state index contributed by atoms with van der Waals surface area (Å²) in [4.78, 5) is 21.5. The van der Waals surface area contributed by atoms with Crippen LogP contribution in [0.5, 0.6) is 0 Å². The van der Waals surface area contributed by atoms with E-state index in [1.54, 1.807) is 36.5 Å². The number of H-pyrrole nitrogens is 1. The van der Waals surface area contributed by atoms with E-state index in [1.165, 1.54) is 34.5 Å². The average molecular weight is 478 g/mol. The summed E-state index contributed by atoms with van der Waals surface area (Å²) < 4.78 is 54.9. The number of piperazine rings is 1. The van der Waals surface area contributed by atoms with Gasteiger partial charge in [0.2, 0.25) is 26.0 Å². The number of amides is 1. The Morgan fingerprint density at radius 3 is 2.41 bits per heavy atom. The van der Waals surface area contributed by atoms with Gasteiger partial charge in [-0.2, -0.15) is 9.03 Å². The topological polar surface area (TPSA) is 133 Å². The largest absolute Gasteiger partial charge is 0.345 e. The third-order valence-corrected chi connectivity index (χ3v) is 8.83. The molecule has 2 aromatic heterocycles. The van der Waals surface area contributed by atoms with Crippen molar-refractivity contribution in [1.29, 1.82) is 0 Å². The summed E-state index contributed by atoms with van der Waals surface area (Å²) in [7, 11) is -7.61. The van der Waals surface area contributed by atoms with Crippen LogP contribution in [-0.4, -0.2) is 74.1 Å². The van der Waals surface area contributed by atoms with Gasteiger partial charge in [0, 0.05) is 44.0 Å². The molecule has 3 aromatic rings. The van der Waals surface area contributed by atoms with Crippen molar-refractivity contribution in [1.82, 2.24) is 23.9 Å². The Hall–Kier alpha value is -2.80. The fourth-order valence-corrected chi connectivity index (χ4v) is 6.45. The molecule has 1 saturated heterocycles. The fraction of sp³-hybridized carbons (Fsp3) is 0.300. The number of aromatic amines is 1. The molecule has 3 heterocycles. The van der Waals surface area contributed by atoms with E-state index in [0.717, 1.165) is 0 Å². The van der Waals surface area contributed by atoms with Crippen molar-refractivity contribution >= 4 is 37.0 Å². The van der Waals surface area contributed by atoms with Gasteiger partial charge in [-0.25, -0.2) is 21.8 Å². The van der Waals surface area contributed by atoms with Gasteiger partial charge < -0.3 is 9.88 Å². The van der Waals surface area contributed by atoms with Crippen LogP contribution >= 0.6 is 0 Å². The minimum Gasteiger partial charge on any atom is -0.345 e. The number of hydrogen-bond acceptors (Lipinski definition) is 6. The second kappa shape index (κ2) is 8.62. The highest BCUT2D eigenvalue weighted by molar-refractivity contribution is 7.89. The molecular formula is C20H23N5O5S2. The van der Waals surface area contributed by atoms with Crippen molar-refractivity contribution in [2.45, 2.75) is 22.8 Å². The third-order valence-electron chi connectivity index (χ3n) is 5.34. The highest BCUT2D eigenvalue weighted by Crippen LogP contribution is 2.25. The zero-order valence-corrected chi connectivity index (χ0v) is 18.9. The van der Waals surface area contributed by atoms with Crippen LogP contribution in [-0.2, 0) is 24.8 Å². The molecular weight excluding hydrogens is 454 g/mol. The van der Waals surface area contributed by atoms with Crippen molar-refractivity contribution < 1.29 is 21.6 Å². The lowest BCUT2D eigenvalue weighted by atomic mass is 10.2. The summed E-state index contributed by atoms with van der Waals surface area (Å²) in [5, 5.41) is 0.509. The van der Waals surface area contributed by atoms with E-state index in [4.69, 9.17) is 0 Å². The molecule has 1 aliphatic heterocycles. The number of hydrogen-bond donors (Lipinski definition) is 2. The molecule has 1 amide bonds. The van der Waals surface area contributed by atoms with Gasteiger partial charge in [0.05, 0.1) is 10.9 Å². The normalized spacial score (nSPS) is 16.8. The standard InChI is InChI=1S/C20H23N5O5S2/c1-15(23-31(27,28)16-6-3-2-4-7-16)20(26)24-10-12-25(13-11-24)32(29,30)18-14-22-19-17(18)8-5-9-21-19/h2-9,14-15,23H,10-13H2,1H3,(H,21,22)/t15-/m0/s1. The summed E-state index contributed by atoms with van der Waals surface area (Å²) in [6, 6.07) is 10.2. The van der Waals surface area contributed by atoms with Gasteiger partial charge in [-0.05, 0) is 31.2 Å². The van der Waals surface area contributed by atoms with E-state index in [0.29, 0.717) is 11.0 Å². The highest BCUT2D eigenvalue weighted by Gasteiger charge is 2.33. The molecule has 10 nitrogen and oxygen atoms in total. The van der Waals surface area contributed by atoms with Gasteiger partial charge in [-0.1, -0.05) is 18.2 Å². The number of nitrogens with one attached hydrogen (secondary N) is 2. The van der Waals surface area contributed by atoms with Crippen LogP contribution in [0.2, 0.25) is 0 Å². The average Bonchev–Trinajstić information content (AvgIpc) is 3.24. The summed E-state index contributed by atoms with van der Waals surface area (Å²) in [6.45, 7) is 2.02. The number of rotatable bonds is 6. The molecule has 2 N–H and O–H groups in total. The molecule has 1 aromatic carbocycles. The number of pyridine rings is 1. The summed E-state index contributed by atoms with van der Waals surface area (Å²) in [5.41, 5.74) is 0.486. The quantitative estimate of drug-likeness (QED) is 0.539. The van der Waals surface area contributed by atoms with E-state index in [1.807, 2.05) is 0 Å². The number of carbonyl (C=O) groups excluding carboxylic acids is 1. The van der Waals surface area contributed by atoms with Crippen LogP contribution in [0.15, 0.2) is 64.6 Å². The van der Waals surface area contributed by atoms with Gasteiger partial charge in [0.15, 0.2) is 0 Å².